The van der Waals surface area contributed by atoms with E-state index < -0.39 is 0 Å². The van der Waals surface area contributed by atoms with Crippen molar-refractivity contribution in [3.63, 3.8) is 0 Å². The number of nitrogens with one attached hydrogen (secondary N) is 2. The monoisotopic (exact) mass is 495 g/mol. The second kappa shape index (κ2) is 11.3. The van der Waals surface area contributed by atoms with Crippen LogP contribution >= 0.6 is 11.6 Å². The Morgan fingerprint density at radius 3 is 2.60 bits per heavy atom. The maximum atomic E-state index is 13.5. The summed E-state index contributed by atoms with van der Waals surface area (Å²) in [6, 6.07) is 15.4. The van der Waals surface area contributed by atoms with Gasteiger partial charge in [0.15, 0.2) is 0 Å². The van der Waals surface area contributed by atoms with E-state index in [0.717, 1.165) is 61.8 Å². The fourth-order valence-corrected chi connectivity index (χ4v) is 5.17. The van der Waals surface area contributed by atoms with Crippen molar-refractivity contribution in [3.05, 3.63) is 71.1 Å². The van der Waals surface area contributed by atoms with E-state index in [1.165, 1.54) is 25.0 Å². The second-order valence-electron chi connectivity index (χ2n) is 9.24. The fourth-order valence-electron chi connectivity index (χ4n) is 4.97. The molecule has 2 fully saturated rings. The van der Waals surface area contributed by atoms with E-state index in [2.05, 4.69) is 20.5 Å². The zero-order chi connectivity index (χ0) is 24.0. The van der Waals surface area contributed by atoms with E-state index in [1.54, 1.807) is 12.3 Å². The highest BCUT2D eigenvalue weighted by Crippen LogP contribution is 2.31. The molecule has 2 aromatic heterocycles. The normalized spacial score (nSPS) is 21.0. The summed E-state index contributed by atoms with van der Waals surface area (Å²) < 4.78 is 19.0. The third-order valence-corrected chi connectivity index (χ3v) is 7.16. The van der Waals surface area contributed by atoms with Crippen LogP contribution in [0.2, 0.25) is 5.02 Å². The average Bonchev–Trinajstić information content (AvgIpc) is 2.90. The van der Waals surface area contributed by atoms with Gasteiger partial charge in [-0.15, -0.1) is 0 Å². The fraction of sp³-hybridized carbons (Fsp3) is 0.407. The van der Waals surface area contributed by atoms with Gasteiger partial charge in [0.25, 0.3) is 0 Å². The van der Waals surface area contributed by atoms with Crippen LogP contribution in [0.1, 0.15) is 31.2 Å². The molecule has 1 saturated heterocycles. The van der Waals surface area contributed by atoms with Gasteiger partial charge in [-0.3, -0.25) is 4.90 Å². The number of benzene rings is 1. The lowest BCUT2D eigenvalue weighted by atomic mass is 9.90. The first kappa shape index (κ1) is 24.0. The molecular formula is C27H31ClFN5O. The van der Waals surface area contributed by atoms with Crippen LogP contribution in [0.15, 0.2) is 54.7 Å². The molecule has 0 bridgehead atoms. The summed E-state index contributed by atoms with van der Waals surface area (Å²) in [5.74, 6) is 1.28. The van der Waals surface area contributed by atoms with Crippen molar-refractivity contribution >= 4 is 23.2 Å². The minimum absolute atomic E-state index is 0.246. The third-order valence-electron chi connectivity index (χ3n) is 6.85. The smallest absolute Gasteiger partial charge is 0.126 e. The van der Waals surface area contributed by atoms with Gasteiger partial charge in [0.1, 0.15) is 17.5 Å². The van der Waals surface area contributed by atoms with Crippen molar-refractivity contribution in [1.29, 1.82) is 0 Å². The molecule has 1 aliphatic heterocycles. The Hall–Kier alpha value is -2.74. The van der Waals surface area contributed by atoms with Gasteiger partial charge in [-0.1, -0.05) is 29.8 Å². The van der Waals surface area contributed by atoms with Gasteiger partial charge in [-0.2, -0.15) is 0 Å². The molecule has 5 rings (SSSR count). The SMILES string of the molecule is Fc1cccc(CNc2cccc(-c3cc(NC4CCC(N5CCOCC5)CC4)ncc3Cl)n2)c1. The lowest BCUT2D eigenvalue weighted by Gasteiger charge is -2.39. The molecule has 0 unspecified atom stereocenters. The number of pyridine rings is 2. The summed E-state index contributed by atoms with van der Waals surface area (Å²) in [4.78, 5) is 11.8. The summed E-state index contributed by atoms with van der Waals surface area (Å²) in [5.41, 5.74) is 2.45. The molecule has 0 spiro atoms. The maximum absolute atomic E-state index is 13.5. The number of anilines is 2. The summed E-state index contributed by atoms with van der Waals surface area (Å²) in [6.07, 6.45) is 6.32. The molecule has 6 nitrogen and oxygen atoms in total. The van der Waals surface area contributed by atoms with Crippen molar-refractivity contribution in [1.82, 2.24) is 14.9 Å². The van der Waals surface area contributed by atoms with E-state index in [9.17, 15) is 4.39 Å². The van der Waals surface area contributed by atoms with Crippen LogP contribution in [-0.2, 0) is 11.3 Å². The largest absolute Gasteiger partial charge is 0.379 e. The highest BCUT2D eigenvalue weighted by molar-refractivity contribution is 6.33. The number of nitrogens with zero attached hydrogens (tertiary/aromatic N) is 3. The molecule has 1 aliphatic carbocycles. The van der Waals surface area contributed by atoms with Crippen molar-refractivity contribution in [2.45, 2.75) is 44.3 Å². The summed E-state index contributed by atoms with van der Waals surface area (Å²) >= 11 is 6.51. The molecule has 1 saturated carbocycles. The van der Waals surface area contributed by atoms with Crippen LogP contribution in [0.3, 0.4) is 0 Å². The van der Waals surface area contributed by atoms with Crippen LogP contribution in [0.5, 0.6) is 0 Å². The van der Waals surface area contributed by atoms with Gasteiger partial charge in [-0.05, 0) is 61.6 Å². The van der Waals surface area contributed by atoms with Crippen molar-refractivity contribution in [3.8, 4) is 11.3 Å². The van der Waals surface area contributed by atoms with E-state index >= 15 is 0 Å². The first-order valence-electron chi connectivity index (χ1n) is 12.3. The molecule has 3 aromatic rings. The van der Waals surface area contributed by atoms with E-state index in [4.69, 9.17) is 21.3 Å². The lowest BCUT2D eigenvalue weighted by molar-refractivity contribution is 0.00791. The number of hydrogen-bond acceptors (Lipinski definition) is 6. The molecule has 8 heteroatoms. The van der Waals surface area contributed by atoms with Gasteiger partial charge in [0.05, 0.1) is 23.9 Å². The standard InChI is InChI=1S/C27H31ClFN5O/c28-24-18-31-27(32-21-7-9-22(10-8-21)34-11-13-35-14-12-34)16-23(24)25-5-2-6-26(33-25)30-17-19-3-1-4-20(29)15-19/h1-6,15-16,18,21-22H,7-14,17H2,(H,30,33)(H,31,32). The lowest BCUT2D eigenvalue weighted by Crippen LogP contribution is -2.46. The Bertz CT molecular complexity index is 1130. The third kappa shape index (κ3) is 6.28. The number of morpholine rings is 1. The molecular weight excluding hydrogens is 465 g/mol. The van der Waals surface area contributed by atoms with E-state index in [0.29, 0.717) is 29.5 Å². The predicted octanol–water partition coefficient (Wildman–Crippen LogP) is 5.60. The Kier molecular flexibility index (Phi) is 7.76. The first-order valence-corrected chi connectivity index (χ1v) is 12.7. The van der Waals surface area contributed by atoms with Gasteiger partial charge in [0.2, 0.25) is 0 Å². The Morgan fingerprint density at radius 1 is 1.00 bits per heavy atom. The molecule has 1 aromatic carbocycles. The van der Waals surface area contributed by atoms with E-state index in [-0.39, 0.29) is 5.82 Å². The van der Waals surface area contributed by atoms with Crippen LogP contribution in [0, 0.1) is 5.82 Å². The van der Waals surface area contributed by atoms with Crippen molar-refractivity contribution in [2.75, 3.05) is 36.9 Å². The number of halogens is 2. The molecule has 0 atom stereocenters. The molecule has 0 amide bonds. The van der Waals surface area contributed by atoms with Gasteiger partial charge < -0.3 is 15.4 Å². The molecule has 2 N–H and O–H groups in total. The number of ether oxygens (including phenoxy) is 1. The summed E-state index contributed by atoms with van der Waals surface area (Å²) in [5, 5.41) is 7.44. The maximum Gasteiger partial charge on any atom is 0.126 e. The van der Waals surface area contributed by atoms with Crippen LogP contribution in [-0.4, -0.2) is 53.3 Å². The molecule has 35 heavy (non-hydrogen) atoms. The quantitative estimate of drug-likeness (QED) is 0.444. The topological polar surface area (TPSA) is 62.3 Å². The number of aromatic nitrogens is 2. The highest BCUT2D eigenvalue weighted by Gasteiger charge is 2.27. The molecule has 0 radical (unpaired) electrons. The average molecular weight is 496 g/mol. The predicted molar refractivity (Wildman–Crippen MR) is 138 cm³/mol. The molecule has 2 aliphatic rings. The van der Waals surface area contributed by atoms with E-state index in [1.807, 2.05) is 30.3 Å². The highest BCUT2D eigenvalue weighted by atomic mass is 35.5. The minimum Gasteiger partial charge on any atom is -0.379 e. The van der Waals surface area contributed by atoms with Crippen LogP contribution < -0.4 is 10.6 Å². The minimum atomic E-state index is -0.246. The second-order valence-corrected chi connectivity index (χ2v) is 9.65. The molecule has 184 valence electrons. The van der Waals surface area contributed by atoms with Crippen molar-refractivity contribution < 1.29 is 9.13 Å². The van der Waals surface area contributed by atoms with Gasteiger partial charge in [-0.25, -0.2) is 14.4 Å². The van der Waals surface area contributed by atoms with Crippen LogP contribution in [0.25, 0.3) is 11.3 Å². The van der Waals surface area contributed by atoms with Gasteiger partial charge in [0, 0.05) is 43.5 Å². The Balaban J connectivity index is 1.22. The zero-order valence-electron chi connectivity index (χ0n) is 19.7. The zero-order valence-corrected chi connectivity index (χ0v) is 20.5. The first-order chi connectivity index (χ1) is 17.1. The number of rotatable bonds is 7. The number of hydrogen-bond donors (Lipinski definition) is 2. The van der Waals surface area contributed by atoms with Crippen molar-refractivity contribution in [2.24, 2.45) is 0 Å². The summed E-state index contributed by atoms with van der Waals surface area (Å²) in [6.45, 7) is 4.29. The summed E-state index contributed by atoms with van der Waals surface area (Å²) in [7, 11) is 0. The Morgan fingerprint density at radius 2 is 1.80 bits per heavy atom. The molecule has 3 heterocycles. The van der Waals surface area contributed by atoms with Crippen LogP contribution in [0.4, 0.5) is 16.0 Å². The van der Waals surface area contributed by atoms with Gasteiger partial charge >= 0.3 is 0 Å². The Labute approximate surface area is 210 Å².